The summed E-state index contributed by atoms with van der Waals surface area (Å²) in [7, 11) is -1.99. The second-order valence-electron chi connectivity index (χ2n) is 9.30. The van der Waals surface area contributed by atoms with Gasteiger partial charge in [-0.05, 0) is 67.4 Å². The quantitative estimate of drug-likeness (QED) is 0.127. The maximum absolute atomic E-state index is 6.41. The van der Waals surface area contributed by atoms with Crippen LogP contribution in [0, 0.1) is 0 Å². The van der Waals surface area contributed by atoms with Gasteiger partial charge in [-0.2, -0.15) is 0 Å². The molecule has 0 N–H and O–H groups in total. The van der Waals surface area contributed by atoms with E-state index in [1.807, 2.05) is 30.3 Å². The molecule has 0 radical (unpaired) electrons. The van der Waals surface area contributed by atoms with Crippen LogP contribution in [0.3, 0.4) is 0 Å². The number of hydrogen-bond donors (Lipinski definition) is 0. The molecule has 0 amide bonds. The Morgan fingerprint density at radius 2 is 0.842 bits per heavy atom. The minimum absolute atomic E-state index is 0.669. The number of hydrogen-bond acceptors (Lipinski definition) is 2. The molecule has 0 saturated heterocycles. The third kappa shape index (κ3) is 6.15. The van der Waals surface area contributed by atoms with Gasteiger partial charge >= 0.3 is 0 Å². The summed E-state index contributed by atoms with van der Waals surface area (Å²) in [5.74, 6) is 1.89. The second-order valence-corrected chi connectivity index (χ2v) is 12.8. The largest absolute Gasteiger partial charge is 0.494 e. The van der Waals surface area contributed by atoms with Crippen LogP contribution in [0.5, 0.6) is 11.5 Å². The molecule has 5 aromatic rings. The molecule has 2 nitrogen and oxygen atoms in total. The lowest BCUT2D eigenvalue weighted by Gasteiger charge is -2.28. The highest BCUT2D eigenvalue weighted by atomic mass is 31.2. The molecule has 5 aromatic carbocycles. The van der Waals surface area contributed by atoms with Crippen LogP contribution in [0.25, 0.3) is 0 Å². The number of benzene rings is 5. The Morgan fingerprint density at radius 1 is 0.421 bits per heavy atom. The van der Waals surface area contributed by atoms with Crippen molar-refractivity contribution >= 4 is 23.2 Å². The Kier molecular flexibility index (Phi) is 8.87. The molecule has 0 aliphatic carbocycles. The minimum atomic E-state index is -1.99. The first-order valence-electron chi connectivity index (χ1n) is 13.3. The van der Waals surface area contributed by atoms with Gasteiger partial charge in [0.05, 0.1) is 13.2 Å². The Labute approximate surface area is 227 Å². The summed E-state index contributed by atoms with van der Waals surface area (Å²) in [6, 6.07) is 51.6. The maximum Gasteiger partial charge on any atom is 0.126 e. The monoisotopic (exact) mass is 517 g/mol. The van der Waals surface area contributed by atoms with E-state index in [4.69, 9.17) is 9.47 Å². The lowest BCUT2D eigenvalue weighted by atomic mass is 10.2. The lowest BCUT2D eigenvalue weighted by Crippen LogP contribution is -2.32. The third-order valence-electron chi connectivity index (χ3n) is 6.78. The fourth-order valence-corrected chi connectivity index (χ4v) is 9.15. The highest BCUT2D eigenvalue weighted by Gasteiger charge is 2.45. The van der Waals surface area contributed by atoms with Crippen molar-refractivity contribution in [2.75, 3.05) is 13.2 Å². The molecule has 0 atom stereocenters. The number of para-hydroxylation sites is 2. The van der Waals surface area contributed by atoms with Gasteiger partial charge in [0.25, 0.3) is 0 Å². The van der Waals surface area contributed by atoms with Gasteiger partial charge in [-0.15, -0.1) is 0 Å². The topological polar surface area (TPSA) is 18.5 Å². The molecule has 0 aliphatic heterocycles. The predicted molar refractivity (Wildman–Crippen MR) is 162 cm³/mol. The fraction of sp³-hybridized carbons (Fsp3) is 0.143. The van der Waals surface area contributed by atoms with Crippen molar-refractivity contribution in [2.45, 2.75) is 19.0 Å². The Morgan fingerprint density at radius 3 is 1.37 bits per heavy atom. The van der Waals surface area contributed by atoms with E-state index in [0.717, 1.165) is 30.5 Å². The van der Waals surface area contributed by atoms with Crippen LogP contribution in [0.15, 0.2) is 146 Å². The van der Waals surface area contributed by atoms with Crippen LogP contribution in [-0.2, 0) is 6.16 Å². The van der Waals surface area contributed by atoms with Crippen LogP contribution < -0.4 is 25.4 Å². The molecular formula is C35H34O2P+. The smallest absolute Gasteiger partial charge is 0.126 e. The molecule has 5 rings (SSSR count). The van der Waals surface area contributed by atoms with E-state index in [2.05, 4.69) is 115 Å². The van der Waals surface area contributed by atoms with E-state index in [1.54, 1.807) is 0 Å². The minimum Gasteiger partial charge on any atom is -0.494 e. The zero-order valence-corrected chi connectivity index (χ0v) is 22.6. The average Bonchev–Trinajstić information content (AvgIpc) is 3.00. The molecule has 0 saturated carbocycles. The highest BCUT2D eigenvalue weighted by molar-refractivity contribution is 7.95. The third-order valence-corrected chi connectivity index (χ3v) is 11.1. The van der Waals surface area contributed by atoms with Gasteiger partial charge in [-0.1, -0.05) is 91.0 Å². The van der Waals surface area contributed by atoms with Gasteiger partial charge in [0.2, 0.25) is 0 Å². The molecule has 190 valence electrons. The summed E-state index contributed by atoms with van der Waals surface area (Å²) in [6.07, 6.45) is 2.79. The SMILES string of the molecule is c1ccc(OCCCCOc2ccccc2C[P+](c2ccccc2)(c2ccccc2)c2ccccc2)cc1. The summed E-state index contributed by atoms with van der Waals surface area (Å²) in [6.45, 7) is 1.36. The molecule has 0 unspecified atom stereocenters. The van der Waals surface area contributed by atoms with Crippen molar-refractivity contribution < 1.29 is 9.47 Å². The van der Waals surface area contributed by atoms with E-state index in [1.165, 1.54) is 21.5 Å². The second kappa shape index (κ2) is 13.1. The molecule has 0 aliphatic rings. The molecule has 38 heavy (non-hydrogen) atoms. The van der Waals surface area contributed by atoms with E-state index < -0.39 is 7.26 Å². The van der Waals surface area contributed by atoms with Gasteiger partial charge in [-0.25, -0.2) is 0 Å². The zero-order chi connectivity index (χ0) is 25.9. The van der Waals surface area contributed by atoms with Crippen molar-refractivity contribution in [1.29, 1.82) is 0 Å². The molecule has 0 spiro atoms. The summed E-state index contributed by atoms with van der Waals surface area (Å²) < 4.78 is 12.2. The van der Waals surface area contributed by atoms with Crippen LogP contribution in [0.4, 0.5) is 0 Å². The average molecular weight is 518 g/mol. The number of unbranched alkanes of at least 4 members (excludes halogenated alkanes) is 1. The van der Waals surface area contributed by atoms with E-state index in [0.29, 0.717) is 13.2 Å². The van der Waals surface area contributed by atoms with Crippen LogP contribution in [-0.4, -0.2) is 13.2 Å². The van der Waals surface area contributed by atoms with Gasteiger partial charge in [0, 0.05) is 5.56 Å². The Balaban J connectivity index is 1.39. The van der Waals surface area contributed by atoms with Gasteiger partial charge in [-0.3, -0.25) is 0 Å². The van der Waals surface area contributed by atoms with Crippen LogP contribution in [0.2, 0.25) is 0 Å². The van der Waals surface area contributed by atoms with Crippen molar-refractivity contribution in [3.05, 3.63) is 151 Å². The summed E-state index contributed by atoms with van der Waals surface area (Å²) in [4.78, 5) is 0. The zero-order valence-electron chi connectivity index (χ0n) is 21.7. The van der Waals surface area contributed by atoms with Crippen molar-refractivity contribution in [3.8, 4) is 11.5 Å². The van der Waals surface area contributed by atoms with E-state index >= 15 is 0 Å². The van der Waals surface area contributed by atoms with Crippen molar-refractivity contribution in [2.24, 2.45) is 0 Å². The molecule has 3 heteroatoms. The maximum atomic E-state index is 6.41. The van der Waals surface area contributed by atoms with E-state index in [-0.39, 0.29) is 0 Å². The molecular weight excluding hydrogens is 483 g/mol. The van der Waals surface area contributed by atoms with Crippen LogP contribution >= 0.6 is 7.26 Å². The summed E-state index contributed by atoms with van der Waals surface area (Å²) >= 11 is 0. The number of rotatable bonds is 12. The molecule has 0 aromatic heterocycles. The summed E-state index contributed by atoms with van der Waals surface area (Å²) in [5.41, 5.74) is 1.25. The normalized spacial score (nSPS) is 11.2. The molecule has 0 heterocycles. The van der Waals surface area contributed by atoms with Gasteiger partial charge < -0.3 is 9.47 Å². The lowest BCUT2D eigenvalue weighted by molar-refractivity contribution is 0.265. The van der Waals surface area contributed by atoms with Crippen LogP contribution in [0.1, 0.15) is 18.4 Å². The van der Waals surface area contributed by atoms with E-state index in [9.17, 15) is 0 Å². The predicted octanol–water partition coefficient (Wildman–Crippen LogP) is 7.42. The Bertz CT molecular complexity index is 1280. The van der Waals surface area contributed by atoms with Gasteiger partial charge in [0.1, 0.15) is 40.8 Å². The first-order chi connectivity index (χ1) is 18.9. The van der Waals surface area contributed by atoms with Crippen molar-refractivity contribution in [3.63, 3.8) is 0 Å². The summed E-state index contributed by atoms with van der Waals surface area (Å²) in [5, 5.41) is 4.14. The first kappa shape index (κ1) is 25.8. The standard InChI is InChI=1S/C35H34O2P/c1-5-18-31(19-6-1)36-27-15-16-28-37-35-26-14-13-17-30(35)29-38(32-20-7-2-8-21-32,33-22-9-3-10-23-33)34-24-11-4-12-25-34/h1-14,17-26H,15-16,27-29H2/q+1. The first-order valence-corrected chi connectivity index (χ1v) is 15.3. The fourth-order valence-electron chi connectivity index (χ4n) is 4.89. The molecule has 0 fully saturated rings. The molecule has 0 bridgehead atoms. The van der Waals surface area contributed by atoms with Crippen molar-refractivity contribution in [1.82, 2.24) is 0 Å². The number of ether oxygens (including phenoxy) is 2. The highest BCUT2D eigenvalue weighted by Crippen LogP contribution is 2.58. The Hall–Kier alpha value is -3.87. The van der Waals surface area contributed by atoms with Gasteiger partial charge in [0.15, 0.2) is 0 Å².